The summed E-state index contributed by atoms with van der Waals surface area (Å²) in [6.45, 7) is 11.9. The molecule has 0 fully saturated rings. The van der Waals surface area contributed by atoms with Gasteiger partial charge in [0.1, 0.15) is 19.3 Å². The number of hydrogen-bond acceptors (Lipinski definition) is 15. The number of phosphoric acid groups is 2. The minimum absolute atomic E-state index is 0.105. The first-order chi connectivity index (χ1) is 47.8. The van der Waals surface area contributed by atoms with Crippen LogP contribution in [0.25, 0.3) is 0 Å². The van der Waals surface area contributed by atoms with Gasteiger partial charge in [0.2, 0.25) is 0 Å². The largest absolute Gasteiger partial charge is 0.472 e. The van der Waals surface area contributed by atoms with Crippen LogP contribution in [0, 0.1) is 17.8 Å². The van der Waals surface area contributed by atoms with Crippen molar-refractivity contribution in [1.82, 2.24) is 0 Å². The first kappa shape index (κ1) is 97.1. The monoisotopic (exact) mass is 1450 g/mol. The minimum atomic E-state index is -4.96. The van der Waals surface area contributed by atoms with Gasteiger partial charge in [0.05, 0.1) is 26.4 Å². The minimum Gasteiger partial charge on any atom is -0.462 e. The van der Waals surface area contributed by atoms with E-state index < -0.39 is 97.5 Å². The Morgan fingerprint density at radius 1 is 0.293 bits per heavy atom. The van der Waals surface area contributed by atoms with E-state index >= 15 is 0 Å². The van der Waals surface area contributed by atoms with Crippen LogP contribution in [0.3, 0.4) is 0 Å². The van der Waals surface area contributed by atoms with Crippen LogP contribution in [0.2, 0.25) is 0 Å². The van der Waals surface area contributed by atoms with Crippen LogP contribution in [0.1, 0.15) is 414 Å². The summed E-state index contributed by atoms with van der Waals surface area (Å²) >= 11 is 0. The highest BCUT2D eigenvalue weighted by molar-refractivity contribution is 7.47. The Balaban J connectivity index is 5.26. The molecule has 0 spiro atoms. The Bertz CT molecular complexity index is 1920. The smallest absolute Gasteiger partial charge is 0.462 e. The van der Waals surface area contributed by atoms with Crippen LogP contribution < -0.4 is 0 Å². The molecule has 0 bridgehead atoms. The number of carbonyl (C=O) groups is 4. The zero-order valence-electron chi connectivity index (χ0n) is 65.0. The molecule has 6 atom stereocenters. The quantitative estimate of drug-likeness (QED) is 0.0222. The van der Waals surface area contributed by atoms with Crippen LogP contribution in [0.5, 0.6) is 0 Å². The summed E-state index contributed by atoms with van der Waals surface area (Å²) in [6, 6.07) is 0. The fourth-order valence-electron chi connectivity index (χ4n) is 12.3. The fourth-order valence-corrected chi connectivity index (χ4v) is 13.9. The van der Waals surface area contributed by atoms with Gasteiger partial charge in [-0.1, -0.05) is 363 Å². The van der Waals surface area contributed by atoms with Crippen molar-refractivity contribution in [1.29, 1.82) is 0 Å². The lowest BCUT2D eigenvalue weighted by Crippen LogP contribution is -2.30. The van der Waals surface area contributed by atoms with Crippen molar-refractivity contribution in [2.75, 3.05) is 39.6 Å². The van der Waals surface area contributed by atoms with Gasteiger partial charge in [0, 0.05) is 25.7 Å². The third-order valence-corrected chi connectivity index (χ3v) is 20.9. The van der Waals surface area contributed by atoms with E-state index in [0.717, 1.165) is 108 Å². The lowest BCUT2D eigenvalue weighted by Gasteiger charge is -2.21. The van der Waals surface area contributed by atoms with Crippen molar-refractivity contribution >= 4 is 39.5 Å². The molecule has 0 heterocycles. The van der Waals surface area contributed by atoms with Gasteiger partial charge >= 0.3 is 39.5 Å². The Hall–Kier alpha value is -1.94. The maximum absolute atomic E-state index is 13.1. The number of aliphatic hydroxyl groups is 1. The van der Waals surface area contributed by atoms with Gasteiger partial charge in [-0.05, 0) is 43.4 Å². The normalized spacial score (nSPS) is 14.3. The Kier molecular flexibility index (Phi) is 69.0. The number of unbranched alkanes of at least 4 members (excludes halogenated alkanes) is 45. The lowest BCUT2D eigenvalue weighted by molar-refractivity contribution is -0.161. The van der Waals surface area contributed by atoms with E-state index in [1.165, 1.54) is 225 Å². The summed E-state index contributed by atoms with van der Waals surface area (Å²) < 4.78 is 68.7. The van der Waals surface area contributed by atoms with E-state index in [-0.39, 0.29) is 25.7 Å². The highest BCUT2D eigenvalue weighted by Crippen LogP contribution is 2.45. The van der Waals surface area contributed by atoms with Crippen LogP contribution in [0.15, 0.2) is 0 Å². The van der Waals surface area contributed by atoms with E-state index in [1.54, 1.807) is 0 Å². The van der Waals surface area contributed by atoms with Crippen molar-refractivity contribution < 1.29 is 80.2 Å². The topological polar surface area (TPSA) is 237 Å². The van der Waals surface area contributed by atoms with Gasteiger partial charge in [-0.15, -0.1) is 0 Å². The van der Waals surface area contributed by atoms with E-state index in [9.17, 15) is 43.2 Å². The summed E-state index contributed by atoms with van der Waals surface area (Å²) in [6.07, 6.45) is 58.2. The van der Waals surface area contributed by atoms with Gasteiger partial charge in [0.25, 0.3) is 0 Å². The molecule has 0 saturated heterocycles. The molecular weight excluding hydrogens is 1290 g/mol. The zero-order chi connectivity index (χ0) is 73.0. The highest BCUT2D eigenvalue weighted by Gasteiger charge is 2.30. The molecule has 17 nitrogen and oxygen atoms in total. The molecule has 99 heavy (non-hydrogen) atoms. The molecule has 0 aromatic heterocycles. The lowest BCUT2D eigenvalue weighted by atomic mass is 9.99. The van der Waals surface area contributed by atoms with E-state index in [2.05, 4.69) is 48.5 Å². The number of ether oxygens (including phenoxy) is 4. The van der Waals surface area contributed by atoms with Gasteiger partial charge in [-0.2, -0.15) is 0 Å². The van der Waals surface area contributed by atoms with Crippen molar-refractivity contribution in [3.8, 4) is 0 Å². The maximum atomic E-state index is 13.1. The van der Waals surface area contributed by atoms with Crippen LogP contribution in [-0.4, -0.2) is 96.7 Å². The summed E-state index contributed by atoms with van der Waals surface area (Å²) in [4.78, 5) is 73.0. The third-order valence-electron chi connectivity index (χ3n) is 19.0. The molecule has 0 radical (unpaired) electrons. The van der Waals surface area contributed by atoms with Crippen molar-refractivity contribution in [2.24, 2.45) is 17.8 Å². The molecule has 0 aromatic rings. The Labute approximate surface area is 607 Å². The number of phosphoric ester groups is 2. The number of carbonyl (C=O) groups excluding carboxylic acids is 4. The fraction of sp³-hybridized carbons (Fsp3) is 0.950. The van der Waals surface area contributed by atoms with Crippen molar-refractivity contribution in [2.45, 2.75) is 433 Å². The summed E-state index contributed by atoms with van der Waals surface area (Å²) in [5.41, 5.74) is 0. The standard InChI is InChI=1S/C80H156O17P2/c1-8-10-11-12-13-14-15-16-17-18-19-20-23-27-33-42-49-56-63-79(84)96-75(67-90-77(82)61-54-47-40-32-26-24-21-22-25-30-37-44-51-58-71(3)4)69-94-98(86,87)92-65-74(81)66-93-99(88,89)95-70-76(68-91-78(83)62-55-48-41-36-35-39-46-53-60-73(7)9-2)97-80(85)64-57-50-43-34-29-28-31-38-45-52-59-72(5)6/h71-76,81H,8-70H2,1-7H3,(H,86,87)(H,88,89)/t73?,74-,75-,76-/m1/s1. The van der Waals surface area contributed by atoms with Crippen LogP contribution in [0.4, 0.5) is 0 Å². The van der Waals surface area contributed by atoms with E-state index in [4.69, 9.17) is 37.0 Å². The molecule has 588 valence electrons. The molecule has 19 heteroatoms. The molecule has 0 rings (SSSR count). The van der Waals surface area contributed by atoms with Crippen molar-refractivity contribution in [3.05, 3.63) is 0 Å². The number of hydrogen-bond donors (Lipinski definition) is 3. The molecule has 0 amide bonds. The average Bonchev–Trinajstić information content (AvgIpc) is 0.997. The highest BCUT2D eigenvalue weighted by atomic mass is 31.2. The Morgan fingerprint density at radius 3 is 0.768 bits per heavy atom. The van der Waals surface area contributed by atoms with Crippen LogP contribution >= 0.6 is 15.6 Å². The second-order valence-corrected chi connectivity index (χ2v) is 32.9. The predicted molar refractivity (Wildman–Crippen MR) is 405 cm³/mol. The van der Waals surface area contributed by atoms with E-state index in [1.807, 2.05) is 0 Å². The molecule has 0 aliphatic carbocycles. The predicted octanol–water partition coefficient (Wildman–Crippen LogP) is 23.7. The number of esters is 4. The second kappa shape index (κ2) is 70.4. The maximum Gasteiger partial charge on any atom is 0.472 e. The Morgan fingerprint density at radius 2 is 0.515 bits per heavy atom. The SMILES string of the molecule is CCCCCCCCCCCCCCCCCCCCC(=O)O[C@H](COC(=O)CCCCCCCCCCCCCCCC(C)C)COP(=O)(O)OC[C@@H](O)COP(=O)(O)OC[C@@H](COC(=O)CCCCCCCCCCC(C)CC)OC(=O)CCCCCCCCCCCCC(C)C. The zero-order valence-corrected chi connectivity index (χ0v) is 66.8. The molecule has 3 N–H and O–H groups in total. The van der Waals surface area contributed by atoms with Crippen LogP contribution in [-0.2, 0) is 65.4 Å². The third kappa shape index (κ3) is 72.8. The molecule has 0 aliphatic rings. The van der Waals surface area contributed by atoms with E-state index in [0.29, 0.717) is 25.7 Å². The summed E-state index contributed by atoms with van der Waals surface area (Å²) in [7, 11) is -9.92. The molecule has 3 unspecified atom stereocenters. The molecule has 0 aliphatic heterocycles. The summed E-state index contributed by atoms with van der Waals surface area (Å²) in [5.74, 6) is 0.209. The number of aliphatic hydroxyl groups excluding tert-OH is 1. The average molecular weight is 1450 g/mol. The van der Waals surface area contributed by atoms with Gasteiger partial charge in [0.15, 0.2) is 12.2 Å². The first-order valence-corrected chi connectivity index (χ1v) is 44.4. The van der Waals surface area contributed by atoms with Gasteiger partial charge in [-0.25, -0.2) is 9.13 Å². The van der Waals surface area contributed by atoms with Gasteiger partial charge in [-0.3, -0.25) is 37.3 Å². The van der Waals surface area contributed by atoms with Gasteiger partial charge < -0.3 is 33.8 Å². The first-order valence-electron chi connectivity index (χ1n) is 41.4. The number of rotatable bonds is 78. The molecule has 0 aromatic carbocycles. The second-order valence-electron chi connectivity index (χ2n) is 30.0. The molecular formula is C80H156O17P2. The molecule has 0 saturated carbocycles. The van der Waals surface area contributed by atoms with Crippen molar-refractivity contribution in [3.63, 3.8) is 0 Å². The summed E-state index contributed by atoms with van der Waals surface area (Å²) in [5, 5.41) is 10.6.